The summed E-state index contributed by atoms with van der Waals surface area (Å²) in [7, 11) is 5.67. The summed E-state index contributed by atoms with van der Waals surface area (Å²) in [6, 6.07) is 7.09. The first-order chi connectivity index (χ1) is 10.0. The van der Waals surface area contributed by atoms with Crippen LogP contribution < -0.4 is 10.2 Å². The highest BCUT2D eigenvalue weighted by molar-refractivity contribution is 5.80. The van der Waals surface area contributed by atoms with Crippen LogP contribution in [0.25, 0.3) is 0 Å². The van der Waals surface area contributed by atoms with Crippen molar-refractivity contribution in [2.45, 2.75) is 32.2 Å². The molecule has 1 aromatic rings. The Kier molecular flexibility index (Phi) is 5.23. The fraction of sp³-hybridized carbons (Fsp3) is 0.588. The van der Waals surface area contributed by atoms with Gasteiger partial charge in [0.1, 0.15) is 0 Å². The van der Waals surface area contributed by atoms with Crippen molar-refractivity contribution in [1.29, 1.82) is 0 Å². The SMILES string of the molecule is CNC1CCN(c2ccc(C)cc2CC(=O)N(C)C)CC1. The Morgan fingerprint density at radius 2 is 2.00 bits per heavy atom. The number of aryl methyl sites for hydroxylation is 1. The number of piperidine rings is 1. The minimum atomic E-state index is 0.159. The van der Waals surface area contributed by atoms with Crippen LogP contribution in [-0.4, -0.2) is 51.1 Å². The van der Waals surface area contributed by atoms with Gasteiger partial charge in [0.2, 0.25) is 5.91 Å². The second-order valence-electron chi connectivity index (χ2n) is 6.15. The van der Waals surface area contributed by atoms with Crippen molar-refractivity contribution >= 4 is 11.6 Å². The molecule has 0 atom stereocenters. The molecule has 0 radical (unpaired) electrons. The smallest absolute Gasteiger partial charge is 0.226 e. The maximum atomic E-state index is 12.1. The summed E-state index contributed by atoms with van der Waals surface area (Å²) in [5.41, 5.74) is 3.59. The van der Waals surface area contributed by atoms with Gasteiger partial charge in [-0.05, 0) is 38.4 Å². The van der Waals surface area contributed by atoms with Crippen molar-refractivity contribution < 1.29 is 4.79 Å². The number of carbonyl (C=O) groups is 1. The van der Waals surface area contributed by atoms with Crippen LogP contribution in [0.3, 0.4) is 0 Å². The molecule has 116 valence electrons. The molecule has 1 N–H and O–H groups in total. The molecule has 0 bridgehead atoms. The lowest BCUT2D eigenvalue weighted by atomic mass is 10.0. The largest absolute Gasteiger partial charge is 0.371 e. The third kappa shape index (κ3) is 3.97. The predicted molar refractivity (Wildman–Crippen MR) is 87.9 cm³/mol. The Morgan fingerprint density at radius 1 is 1.33 bits per heavy atom. The monoisotopic (exact) mass is 289 g/mol. The molecule has 0 aromatic heterocycles. The highest BCUT2D eigenvalue weighted by Gasteiger charge is 2.21. The van der Waals surface area contributed by atoms with E-state index in [2.05, 4.69) is 35.3 Å². The number of carbonyl (C=O) groups excluding carboxylic acids is 1. The second kappa shape index (κ2) is 6.94. The quantitative estimate of drug-likeness (QED) is 0.918. The molecule has 21 heavy (non-hydrogen) atoms. The van der Waals surface area contributed by atoms with Gasteiger partial charge in [-0.3, -0.25) is 4.79 Å². The van der Waals surface area contributed by atoms with E-state index in [1.165, 1.54) is 11.3 Å². The second-order valence-corrected chi connectivity index (χ2v) is 6.15. The van der Waals surface area contributed by atoms with Crippen LogP contribution >= 0.6 is 0 Å². The maximum absolute atomic E-state index is 12.1. The number of hydrogen-bond acceptors (Lipinski definition) is 3. The van der Waals surface area contributed by atoms with E-state index in [-0.39, 0.29) is 5.91 Å². The first-order valence-corrected chi connectivity index (χ1v) is 7.73. The summed E-state index contributed by atoms with van der Waals surface area (Å²) in [6.45, 7) is 4.19. The molecule has 1 fully saturated rings. The maximum Gasteiger partial charge on any atom is 0.226 e. The molecule has 1 heterocycles. The van der Waals surface area contributed by atoms with Crippen molar-refractivity contribution in [3.63, 3.8) is 0 Å². The van der Waals surface area contributed by atoms with Crippen LogP contribution in [0.2, 0.25) is 0 Å². The first kappa shape index (κ1) is 15.8. The van der Waals surface area contributed by atoms with Gasteiger partial charge in [0, 0.05) is 38.9 Å². The standard InChI is InChI=1S/C17H27N3O/c1-13-5-6-16(14(11-13)12-17(21)19(3)4)20-9-7-15(18-2)8-10-20/h5-6,11,15,18H,7-10,12H2,1-4H3. The van der Waals surface area contributed by atoms with Gasteiger partial charge in [0.15, 0.2) is 0 Å². The molecule has 1 aliphatic heterocycles. The van der Waals surface area contributed by atoms with Gasteiger partial charge in [-0.2, -0.15) is 0 Å². The molecule has 0 saturated carbocycles. The van der Waals surface area contributed by atoms with Crippen LogP contribution in [0.4, 0.5) is 5.69 Å². The lowest BCUT2D eigenvalue weighted by Crippen LogP contribution is -2.41. The van der Waals surface area contributed by atoms with Gasteiger partial charge < -0.3 is 15.1 Å². The molecule has 0 aliphatic carbocycles. The van der Waals surface area contributed by atoms with Gasteiger partial charge in [-0.1, -0.05) is 17.7 Å². The van der Waals surface area contributed by atoms with Crippen LogP contribution in [0.1, 0.15) is 24.0 Å². The summed E-state index contributed by atoms with van der Waals surface area (Å²) in [5, 5.41) is 3.36. The number of benzene rings is 1. The fourth-order valence-electron chi connectivity index (χ4n) is 2.89. The van der Waals surface area contributed by atoms with Crippen molar-refractivity contribution in [2.75, 3.05) is 39.1 Å². The first-order valence-electron chi connectivity index (χ1n) is 7.73. The minimum Gasteiger partial charge on any atom is -0.371 e. The number of hydrogen-bond donors (Lipinski definition) is 1. The lowest BCUT2D eigenvalue weighted by molar-refractivity contribution is -0.127. The van der Waals surface area contributed by atoms with Crippen molar-refractivity contribution in [1.82, 2.24) is 10.2 Å². The molecular formula is C17H27N3O. The molecular weight excluding hydrogens is 262 g/mol. The van der Waals surface area contributed by atoms with E-state index >= 15 is 0 Å². The van der Waals surface area contributed by atoms with E-state index in [9.17, 15) is 4.79 Å². The van der Waals surface area contributed by atoms with Crippen molar-refractivity contribution in [2.24, 2.45) is 0 Å². The van der Waals surface area contributed by atoms with E-state index < -0.39 is 0 Å². The van der Waals surface area contributed by atoms with Crippen LogP contribution in [0, 0.1) is 6.92 Å². The molecule has 1 amide bonds. The number of rotatable bonds is 4. The average Bonchev–Trinajstić information content (AvgIpc) is 2.47. The zero-order chi connectivity index (χ0) is 15.4. The number of nitrogens with zero attached hydrogens (tertiary/aromatic N) is 2. The Morgan fingerprint density at radius 3 is 2.57 bits per heavy atom. The van der Waals surface area contributed by atoms with Gasteiger partial charge in [-0.15, -0.1) is 0 Å². The number of nitrogens with one attached hydrogen (secondary N) is 1. The normalized spacial score (nSPS) is 16.1. The van der Waals surface area contributed by atoms with Gasteiger partial charge in [0.05, 0.1) is 6.42 Å². The number of amides is 1. The summed E-state index contributed by atoms with van der Waals surface area (Å²) < 4.78 is 0. The summed E-state index contributed by atoms with van der Waals surface area (Å²) in [4.78, 5) is 16.1. The zero-order valence-corrected chi connectivity index (χ0v) is 13.6. The summed E-state index contributed by atoms with van der Waals surface area (Å²) in [5.74, 6) is 0.159. The highest BCUT2D eigenvalue weighted by atomic mass is 16.2. The molecule has 0 unspecified atom stereocenters. The Bertz CT molecular complexity index is 491. The van der Waals surface area contributed by atoms with E-state index in [0.29, 0.717) is 12.5 Å². The highest BCUT2D eigenvalue weighted by Crippen LogP contribution is 2.26. The number of anilines is 1. The van der Waals surface area contributed by atoms with Crippen molar-refractivity contribution in [3.05, 3.63) is 29.3 Å². The Balaban J connectivity index is 2.17. The number of likely N-dealkylation sites (N-methyl/N-ethyl adjacent to an activating group) is 1. The van der Waals surface area contributed by atoms with Crippen molar-refractivity contribution in [3.8, 4) is 0 Å². The van der Waals surface area contributed by atoms with Crippen LogP contribution in [0.5, 0.6) is 0 Å². The third-order valence-electron chi connectivity index (χ3n) is 4.32. The molecule has 1 saturated heterocycles. The lowest BCUT2D eigenvalue weighted by Gasteiger charge is -2.35. The summed E-state index contributed by atoms with van der Waals surface area (Å²) in [6.07, 6.45) is 2.80. The van der Waals surface area contributed by atoms with E-state index in [4.69, 9.17) is 0 Å². The van der Waals surface area contributed by atoms with E-state index in [1.807, 2.05) is 21.1 Å². The molecule has 4 heteroatoms. The molecule has 2 rings (SSSR count). The molecule has 1 aliphatic rings. The summed E-state index contributed by atoms with van der Waals surface area (Å²) >= 11 is 0. The third-order valence-corrected chi connectivity index (χ3v) is 4.32. The predicted octanol–water partition coefficient (Wildman–Crippen LogP) is 1.81. The van der Waals surface area contributed by atoms with Gasteiger partial charge >= 0.3 is 0 Å². The molecule has 0 spiro atoms. The minimum absolute atomic E-state index is 0.159. The van der Waals surface area contributed by atoms with Gasteiger partial charge in [-0.25, -0.2) is 0 Å². The van der Waals surface area contributed by atoms with E-state index in [0.717, 1.165) is 31.5 Å². The fourth-order valence-corrected chi connectivity index (χ4v) is 2.89. The van der Waals surface area contributed by atoms with Crippen LogP contribution in [0.15, 0.2) is 18.2 Å². The Labute approximate surface area is 128 Å². The Hall–Kier alpha value is -1.55. The molecule has 4 nitrogen and oxygen atoms in total. The van der Waals surface area contributed by atoms with E-state index in [1.54, 1.807) is 4.90 Å². The zero-order valence-electron chi connectivity index (χ0n) is 13.6. The van der Waals surface area contributed by atoms with Crippen LogP contribution in [-0.2, 0) is 11.2 Å². The van der Waals surface area contributed by atoms with Gasteiger partial charge in [0.25, 0.3) is 0 Å². The molecule has 1 aromatic carbocycles. The topological polar surface area (TPSA) is 35.6 Å². The average molecular weight is 289 g/mol.